The van der Waals surface area contributed by atoms with Crippen molar-refractivity contribution in [2.24, 2.45) is 28.6 Å². The molecule has 0 spiro atoms. The number of ether oxygens (including phenoxy) is 3. The molecule has 1 saturated heterocycles. The zero-order valence-electron chi connectivity index (χ0n) is 25.1. The number of alkyl halides is 3. The first-order chi connectivity index (χ1) is 19.7. The first kappa shape index (κ1) is 30.8. The van der Waals surface area contributed by atoms with Crippen LogP contribution in [-0.4, -0.2) is 64.8 Å². The maximum atomic E-state index is 13.5. The lowest BCUT2D eigenvalue weighted by Crippen LogP contribution is -2.62. The van der Waals surface area contributed by atoms with Crippen molar-refractivity contribution in [1.82, 2.24) is 0 Å². The molecule has 1 aromatic carbocycles. The fourth-order valence-corrected chi connectivity index (χ4v) is 10.4. The molecule has 0 amide bonds. The number of benzene rings is 1. The molecule has 5 fully saturated rings. The molecule has 9 heteroatoms. The number of hydrogen-bond acceptors (Lipinski definition) is 6. The van der Waals surface area contributed by atoms with E-state index in [1.165, 1.54) is 19.2 Å². The van der Waals surface area contributed by atoms with Gasteiger partial charge in [-0.15, -0.1) is 0 Å². The Morgan fingerprint density at radius 2 is 1.71 bits per heavy atom. The van der Waals surface area contributed by atoms with E-state index in [0.29, 0.717) is 30.2 Å². The van der Waals surface area contributed by atoms with E-state index in [2.05, 4.69) is 13.8 Å². The second kappa shape index (κ2) is 10.7. The van der Waals surface area contributed by atoms with Crippen LogP contribution in [0.2, 0.25) is 0 Å². The molecular weight excluding hydrogens is 549 g/mol. The molecule has 1 aliphatic heterocycles. The Labute approximate surface area is 246 Å². The molecule has 0 radical (unpaired) electrons. The molecule has 236 valence electrons. The van der Waals surface area contributed by atoms with Crippen LogP contribution in [0.1, 0.15) is 95.6 Å². The van der Waals surface area contributed by atoms with Crippen molar-refractivity contribution in [3.8, 4) is 0 Å². The molecule has 3 N–H and O–H groups in total. The minimum absolute atomic E-state index is 0.0404. The Balaban J connectivity index is 1.17. The zero-order chi connectivity index (χ0) is 30.2. The van der Waals surface area contributed by atoms with E-state index in [9.17, 15) is 28.5 Å². The largest absolute Gasteiger partial charge is 0.416 e. The Hall–Kier alpha value is -1.23. The molecule has 6 rings (SSSR count). The van der Waals surface area contributed by atoms with Crippen LogP contribution in [0.4, 0.5) is 13.2 Å². The number of halogens is 3. The average Bonchev–Trinajstić information content (AvgIpc) is 3.23. The quantitative estimate of drug-likeness (QED) is 0.380. The molecule has 13 atom stereocenters. The number of aliphatic hydroxyl groups is 3. The third-order valence-electron chi connectivity index (χ3n) is 12.8. The van der Waals surface area contributed by atoms with E-state index in [1.807, 2.05) is 6.07 Å². The monoisotopic (exact) mass is 596 g/mol. The van der Waals surface area contributed by atoms with Gasteiger partial charge in [0.25, 0.3) is 0 Å². The van der Waals surface area contributed by atoms with Gasteiger partial charge >= 0.3 is 6.18 Å². The van der Waals surface area contributed by atoms with Crippen LogP contribution in [0.3, 0.4) is 0 Å². The number of rotatable bonds is 4. The van der Waals surface area contributed by atoms with Gasteiger partial charge in [-0.3, -0.25) is 0 Å². The van der Waals surface area contributed by atoms with Crippen LogP contribution >= 0.6 is 0 Å². The van der Waals surface area contributed by atoms with Gasteiger partial charge in [0.15, 0.2) is 6.29 Å². The highest BCUT2D eigenvalue weighted by atomic mass is 19.4. The Kier molecular flexibility index (Phi) is 7.84. The van der Waals surface area contributed by atoms with Crippen molar-refractivity contribution >= 4 is 0 Å². The van der Waals surface area contributed by atoms with E-state index in [1.54, 1.807) is 6.92 Å². The second-order valence-electron chi connectivity index (χ2n) is 14.5. The molecule has 4 saturated carbocycles. The highest BCUT2D eigenvalue weighted by molar-refractivity contribution is 5.33. The van der Waals surface area contributed by atoms with Crippen LogP contribution in [-0.2, 0) is 20.4 Å². The molecule has 3 unspecified atom stereocenters. The van der Waals surface area contributed by atoms with Gasteiger partial charge < -0.3 is 29.5 Å². The fraction of sp³-hybridized carbons (Fsp3) is 0.818. The van der Waals surface area contributed by atoms with Crippen LogP contribution in [0, 0.1) is 28.6 Å². The van der Waals surface area contributed by atoms with E-state index >= 15 is 0 Å². The van der Waals surface area contributed by atoms with Crippen molar-refractivity contribution in [2.75, 3.05) is 7.11 Å². The Morgan fingerprint density at radius 3 is 2.43 bits per heavy atom. The molecule has 0 aromatic heterocycles. The fourth-order valence-electron chi connectivity index (χ4n) is 10.4. The molecule has 4 aliphatic carbocycles. The van der Waals surface area contributed by atoms with Crippen LogP contribution in [0.15, 0.2) is 24.3 Å². The first-order valence-corrected chi connectivity index (χ1v) is 15.8. The van der Waals surface area contributed by atoms with E-state index in [0.717, 1.165) is 51.0 Å². The van der Waals surface area contributed by atoms with Crippen molar-refractivity contribution in [1.29, 1.82) is 0 Å². The standard InChI is InChI=1S/C33H47F3O6/c1-18-26(37)28(40-4)27(38)29(41-18)42-22-10-13-30(2)20(17-22)8-9-25-24(30)11-14-31(3)23(12-15-32(25,31)39)19-6-5-7-21(16-19)33(34,35)36/h5-7,16,18,20,22-29,37-39H,8-15,17H2,1-4H3/t18-,20?,22?,23?,24-,25-,26-,27-,28+,29+,30+,31-,32-/m1/s1. The zero-order valence-corrected chi connectivity index (χ0v) is 25.1. The number of hydrogen-bond donors (Lipinski definition) is 3. The molecule has 1 heterocycles. The smallest absolute Gasteiger partial charge is 0.389 e. The van der Waals surface area contributed by atoms with Crippen LogP contribution in [0.25, 0.3) is 0 Å². The minimum Gasteiger partial charge on any atom is -0.389 e. The lowest BCUT2D eigenvalue weighted by molar-refractivity contribution is -0.313. The van der Waals surface area contributed by atoms with E-state index < -0.39 is 53.5 Å². The predicted molar refractivity (Wildman–Crippen MR) is 149 cm³/mol. The summed E-state index contributed by atoms with van der Waals surface area (Å²) in [6.45, 7) is 6.25. The molecule has 5 aliphatic rings. The second-order valence-corrected chi connectivity index (χ2v) is 14.5. The minimum atomic E-state index is -4.38. The van der Waals surface area contributed by atoms with Gasteiger partial charge in [0.1, 0.15) is 18.3 Å². The number of aliphatic hydroxyl groups excluding tert-OH is 2. The van der Waals surface area contributed by atoms with E-state index in [-0.39, 0.29) is 23.4 Å². The predicted octanol–water partition coefficient (Wildman–Crippen LogP) is 5.81. The maximum absolute atomic E-state index is 13.5. The van der Waals surface area contributed by atoms with Gasteiger partial charge in [-0.05, 0) is 105 Å². The van der Waals surface area contributed by atoms with Crippen molar-refractivity contribution in [3.63, 3.8) is 0 Å². The van der Waals surface area contributed by atoms with Crippen LogP contribution < -0.4 is 0 Å². The molecule has 0 bridgehead atoms. The Bertz CT molecular complexity index is 1150. The average molecular weight is 597 g/mol. The maximum Gasteiger partial charge on any atom is 0.416 e. The highest BCUT2D eigenvalue weighted by Gasteiger charge is 2.67. The summed E-state index contributed by atoms with van der Waals surface area (Å²) < 4.78 is 58.1. The summed E-state index contributed by atoms with van der Waals surface area (Å²) in [5.41, 5.74) is -1.24. The van der Waals surface area contributed by atoms with Crippen molar-refractivity contribution in [3.05, 3.63) is 35.4 Å². The highest BCUT2D eigenvalue weighted by Crippen LogP contribution is 2.70. The molecule has 1 aromatic rings. The first-order valence-electron chi connectivity index (χ1n) is 15.8. The molecule has 42 heavy (non-hydrogen) atoms. The van der Waals surface area contributed by atoms with Gasteiger partial charge in [-0.1, -0.05) is 32.0 Å². The third-order valence-corrected chi connectivity index (χ3v) is 12.8. The Morgan fingerprint density at radius 1 is 0.952 bits per heavy atom. The lowest BCUT2D eigenvalue weighted by Gasteiger charge is -2.64. The molecule has 6 nitrogen and oxygen atoms in total. The number of fused-ring (bicyclic) bond motifs is 5. The van der Waals surface area contributed by atoms with Gasteiger partial charge in [-0.25, -0.2) is 0 Å². The third kappa shape index (κ3) is 4.67. The van der Waals surface area contributed by atoms with Crippen molar-refractivity contribution in [2.45, 2.75) is 133 Å². The SMILES string of the molecule is CO[C@@H]1[C@@H](O)[C@H](OC2CC[C@@]3(C)C(CC[C@@H]4[C@H]3CC[C@]3(C)C(c5cccc(C(F)(F)F)c5)CC[C@@]43O)C2)O[C@H](C)[C@H]1O. The van der Waals surface area contributed by atoms with Gasteiger partial charge in [0.2, 0.25) is 0 Å². The summed E-state index contributed by atoms with van der Waals surface area (Å²) in [5.74, 6) is 0.784. The topological polar surface area (TPSA) is 88.4 Å². The van der Waals surface area contributed by atoms with Crippen molar-refractivity contribution < 1.29 is 42.7 Å². The normalized spacial score (nSPS) is 49.2. The van der Waals surface area contributed by atoms with E-state index in [4.69, 9.17) is 14.2 Å². The number of methoxy groups -OCH3 is 1. The summed E-state index contributed by atoms with van der Waals surface area (Å²) >= 11 is 0. The molecular formula is C33H47F3O6. The summed E-state index contributed by atoms with van der Waals surface area (Å²) in [6, 6.07) is 5.75. The lowest BCUT2D eigenvalue weighted by atomic mass is 9.43. The summed E-state index contributed by atoms with van der Waals surface area (Å²) in [5, 5.41) is 33.6. The van der Waals surface area contributed by atoms with Gasteiger partial charge in [0.05, 0.1) is 23.4 Å². The summed E-state index contributed by atoms with van der Waals surface area (Å²) in [7, 11) is 1.46. The van der Waals surface area contributed by atoms with Crippen LogP contribution in [0.5, 0.6) is 0 Å². The summed E-state index contributed by atoms with van der Waals surface area (Å²) in [4.78, 5) is 0. The summed E-state index contributed by atoms with van der Waals surface area (Å²) in [6.07, 6.45) is -1.05. The van der Waals surface area contributed by atoms with Gasteiger partial charge in [0, 0.05) is 12.5 Å². The van der Waals surface area contributed by atoms with Gasteiger partial charge in [-0.2, -0.15) is 13.2 Å².